The van der Waals surface area contributed by atoms with Crippen molar-refractivity contribution in [2.24, 2.45) is 0 Å². The number of anilines is 2. The van der Waals surface area contributed by atoms with Crippen LogP contribution in [0.1, 0.15) is 18.5 Å². The van der Waals surface area contributed by atoms with Crippen LogP contribution in [0.3, 0.4) is 0 Å². The molecule has 0 aliphatic rings. The van der Waals surface area contributed by atoms with Gasteiger partial charge in [0.15, 0.2) is 0 Å². The summed E-state index contributed by atoms with van der Waals surface area (Å²) in [6, 6.07) is 11.7. The van der Waals surface area contributed by atoms with Crippen LogP contribution < -0.4 is 11.1 Å². The van der Waals surface area contributed by atoms with Gasteiger partial charge in [-0.15, -0.1) is 0 Å². The van der Waals surface area contributed by atoms with Crippen molar-refractivity contribution in [1.29, 1.82) is 0 Å². The molecule has 1 unspecified atom stereocenters. The van der Waals surface area contributed by atoms with Gasteiger partial charge in [0.2, 0.25) is 0 Å². The highest BCUT2D eigenvalue weighted by Gasteiger charge is 2.07. The van der Waals surface area contributed by atoms with Gasteiger partial charge < -0.3 is 11.1 Å². The Hall–Kier alpha value is -1.74. The monoisotopic (exact) mass is 247 g/mol. The lowest BCUT2D eigenvalue weighted by atomic mass is 10.1. The van der Waals surface area contributed by atoms with Gasteiger partial charge in [0.1, 0.15) is 5.82 Å². The maximum absolute atomic E-state index is 5.85. The Bertz CT molecular complexity index is 496. The van der Waals surface area contributed by atoms with E-state index in [2.05, 4.69) is 17.2 Å². The molecule has 1 aromatic carbocycles. The van der Waals surface area contributed by atoms with Gasteiger partial charge >= 0.3 is 0 Å². The molecule has 1 heterocycles. The lowest BCUT2D eigenvalue weighted by Crippen LogP contribution is -2.08. The Labute approximate surface area is 106 Å². The van der Waals surface area contributed by atoms with E-state index >= 15 is 0 Å². The predicted octanol–water partition coefficient (Wildman–Crippen LogP) is 3.49. The first-order chi connectivity index (χ1) is 8.16. The van der Waals surface area contributed by atoms with Crippen molar-refractivity contribution in [3.63, 3.8) is 0 Å². The molecule has 0 bridgehead atoms. The van der Waals surface area contributed by atoms with E-state index in [9.17, 15) is 0 Å². The second-order valence-corrected chi connectivity index (χ2v) is 4.29. The average Bonchev–Trinajstić information content (AvgIpc) is 2.33. The number of benzene rings is 1. The molecule has 0 fully saturated rings. The molecule has 0 saturated carbocycles. The van der Waals surface area contributed by atoms with E-state index < -0.39 is 0 Å². The number of nitrogens with two attached hydrogens (primary N) is 1. The van der Waals surface area contributed by atoms with Gasteiger partial charge in [-0.1, -0.05) is 23.7 Å². The zero-order valence-electron chi connectivity index (χ0n) is 9.52. The highest BCUT2D eigenvalue weighted by Crippen LogP contribution is 2.23. The Morgan fingerprint density at radius 3 is 2.59 bits per heavy atom. The lowest BCUT2D eigenvalue weighted by Gasteiger charge is -2.16. The number of nitrogens with one attached hydrogen (secondary N) is 1. The topological polar surface area (TPSA) is 50.9 Å². The van der Waals surface area contributed by atoms with E-state index in [1.165, 1.54) is 0 Å². The minimum absolute atomic E-state index is 0.152. The smallest absolute Gasteiger partial charge is 0.146 e. The number of hydrogen-bond donors (Lipinski definition) is 2. The van der Waals surface area contributed by atoms with Crippen LogP contribution in [-0.4, -0.2) is 4.98 Å². The molecule has 0 saturated heterocycles. The van der Waals surface area contributed by atoms with Gasteiger partial charge in [-0.2, -0.15) is 0 Å². The summed E-state index contributed by atoms with van der Waals surface area (Å²) >= 11 is 5.85. The molecule has 2 aromatic rings. The third-order valence-electron chi connectivity index (χ3n) is 2.58. The van der Waals surface area contributed by atoms with Crippen molar-refractivity contribution in [3.05, 3.63) is 53.2 Å². The number of pyridine rings is 1. The molecular weight excluding hydrogens is 234 g/mol. The Balaban J connectivity index is 2.14. The highest BCUT2D eigenvalue weighted by molar-refractivity contribution is 6.30. The first-order valence-corrected chi connectivity index (χ1v) is 5.77. The quantitative estimate of drug-likeness (QED) is 0.873. The second kappa shape index (κ2) is 5.06. The number of hydrogen-bond acceptors (Lipinski definition) is 3. The SMILES string of the molecule is CC(Nc1cccnc1N)c1ccc(Cl)cc1. The van der Waals surface area contributed by atoms with Crippen LogP contribution >= 0.6 is 11.6 Å². The van der Waals surface area contributed by atoms with Crippen molar-refractivity contribution < 1.29 is 0 Å². The van der Waals surface area contributed by atoms with Crippen molar-refractivity contribution in [2.75, 3.05) is 11.1 Å². The van der Waals surface area contributed by atoms with Gasteiger partial charge in [0.05, 0.1) is 5.69 Å². The second-order valence-electron chi connectivity index (χ2n) is 3.85. The average molecular weight is 248 g/mol. The standard InChI is InChI=1S/C13H14ClN3/c1-9(10-4-6-11(14)7-5-10)17-12-3-2-8-16-13(12)15/h2-9,17H,1H3,(H2,15,16). The van der Waals surface area contributed by atoms with Crippen molar-refractivity contribution in [1.82, 2.24) is 4.98 Å². The van der Waals surface area contributed by atoms with Crippen molar-refractivity contribution in [3.8, 4) is 0 Å². The Morgan fingerprint density at radius 1 is 1.24 bits per heavy atom. The maximum atomic E-state index is 5.85. The molecule has 0 aliphatic heterocycles. The first-order valence-electron chi connectivity index (χ1n) is 5.39. The third kappa shape index (κ3) is 2.88. The van der Waals surface area contributed by atoms with E-state index in [0.29, 0.717) is 5.82 Å². The molecule has 0 radical (unpaired) electrons. The minimum Gasteiger partial charge on any atom is -0.382 e. The molecule has 0 aliphatic carbocycles. The van der Waals surface area contributed by atoms with E-state index in [4.69, 9.17) is 17.3 Å². The fraction of sp³-hybridized carbons (Fsp3) is 0.154. The number of nitrogens with zero attached hydrogens (tertiary/aromatic N) is 1. The predicted molar refractivity (Wildman–Crippen MR) is 72.1 cm³/mol. The number of aromatic nitrogens is 1. The van der Waals surface area contributed by atoms with Crippen molar-refractivity contribution in [2.45, 2.75) is 13.0 Å². The summed E-state index contributed by atoms with van der Waals surface area (Å²) in [5.74, 6) is 0.508. The van der Waals surface area contributed by atoms with E-state index in [-0.39, 0.29) is 6.04 Å². The third-order valence-corrected chi connectivity index (χ3v) is 2.83. The zero-order chi connectivity index (χ0) is 12.3. The summed E-state index contributed by atoms with van der Waals surface area (Å²) in [6.07, 6.45) is 1.67. The summed E-state index contributed by atoms with van der Waals surface area (Å²) < 4.78 is 0. The molecule has 1 atom stereocenters. The lowest BCUT2D eigenvalue weighted by molar-refractivity contribution is 0.884. The number of nitrogen functional groups attached to an aromatic ring is 1. The molecule has 0 spiro atoms. The van der Waals surface area contributed by atoms with Crippen LogP contribution in [-0.2, 0) is 0 Å². The van der Waals surface area contributed by atoms with Crippen LogP contribution in [0.15, 0.2) is 42.6 Å². The number of halogens is 1. The van der Waals surface area contributed by atoms with Gasteiger partial charge in [-0.05, 0) is 36.8 Å². The molecule has 1 aromatic heterocycles. The largest absolute Gasteiger partial charge is 0.382 e. The fourth-order valence-electron chi connectivity index (χ4n) is 1.61. The molecule has 4 heteroatoms. The zero-order valence-corrected chi connectivity index (χ0v) is 10.3. The summed E-state index contributed by atoms with van der Waals surface area (Å²) in [5.41, 5.74) is 7.77. The van der Waals surface area contributed by atoms with E-state index in [1.807, 2.05) is 36.4 Å². The van der Waals surface area contributed by atoms with Gasteiger partial charge in [0, 0.05) is 17.3 Å². The van der Waals surface area contributed by atoms with E-state index in [0.717, 1.165) is 16.3 Å². The summed E-state index contributed by atoms with van der Waals surface area (Å²) in [6.45, 7) is 2.07. The van der Waals surface area contributed by atoms with Crippen LogP contribution in [0.2, 0.25) is 5.02 Å². The minimum atomic E-state index is 0.152. The first kappa shape index (κ1) is 11.7. The molecule has 3 nitrogen and oxygen atoms in total. The summed E-state index contributed by atoms with van der Waals surface area (Å²) in [7, 11) is 0. The molecule has 3 N–H and O–H groups in total. The maximum Gasteiger partial charge on any atom is 0.146 e. The van der Waals surface area contributed by atoms with Crippen LogP contribution in [0.4, 0.5) is 11.5 Å². The van der Waals surface area contributed by atoms with Gasteiger partial charge in [-0.3, -0.25) is 0 Å². The Kier molecular flexibility index (Phi) is 3.49. The fourth-order valence-corrected chi connectivity index (χ4v) is 1.73. The molecule has 88 valence electrons. The molecule has 17 heavy (non-hydrogen) atoms. The van der Waals surface area contributed by atoms with Crippen LogP contribution in [0, 0.1) is 0 Å². The number of rotatable bonds is 3. The summed E-state index contributed by atoms with van der Waals surface area (Å²) in [4.78, 5) is 4.03. The van der Waals surface area contributed by atoms with Gasteiger partial charge in [0.25, 0.3) is 0 Å². The summed E-state index contributed by atoms with van der Waals surface area (Å²) in [5, 5.41) is 4.05. The Morgan fingerprint density at radius 2 is 1.94 bits per heavy atom. The highest BCUT2D eigenvalue weighted by atomic mass is 35.5. The normalized spacial score (nSPS) is 12.1. The molecule has 0 amide bonds. The molecule has 2 rings (SSSR count). The van der Waals surface area contributed by atoms with E-state index in [1.54, 1.807) is 6.20 Å². The van der Waals surface area contributed by atoms with Crippen LogP contribution in [0.25, 0.3) is 0 Å². The van der Waals surface area contributed by atoms with Crippen LogP contribution in [0.5, 0.6) is 0 Å². The van der Waals surface area contributed by atoms with Crippen molar-refractivity contribution >= 4 is 23.1 Å². The van der Waals surface area contributed by atoms with Gasteiger partial charge in [-0.25, -0.2) is 4.98 Å². The molecular formula is C13H14ClN3.